The zero-order valence-electron chi connectivity index (χ0n) is 13.0. The second kappa shape index (κ2) is 6.62. The van der Waals surface area contributed by atoms with E-state index in [1.165, 1.54) is 34.8 Å². The number of benzene rings is 1. The third kappa shape index (κ3) is 3.82. The molecule has 0 bridgehead atoms. The molecule has 0 radical (unpaired) electrons. The zero-order chi connectivity index (χ0) is 17.3. The van der Waals surface area contributed by atoms with Crippen LogP contribution < -0.4 is 4.72 Å². The van der Waals surface area contributed by atoms with Crippen LogP contribution in [0.2, 0.25) is 0 Å². The third-order valence-corrected chi connectivity index (χ3v) is 6.93. The Morgan fingerprint density at radius 2 is 2.00 bits per heavy atom. The van der Waals surface area contributed by atoms with Crippen molar-refractivity contribution in [1.29, 1.82) is 0 Å². The van der Waals surface area contributed by atoms with Crippen molar-refractivity contribution in [2.75, 3.05) is 4.72 Å². The number of aryl methyl sites for hydroxylation is 2. The number of thiophene rings is 1. The van der Waals surface area contributed by atoms with Crippen molar-refractivity contribution >= 4 is 37.8 Å². The number of hydrogen-bond acceptors (Lipinski definition) is 5. The lowest BCUT2D eigenvalue weighted by Gasteiger charge is -2.03. The van der Waals surface area contributed by atoms with Gasteiger partial charge in [0.05, 0.1) is 0 Å². The molecule has 0 amide bonds. The van der Waals surface area contributed by atoms with E-state index in [-0.39, 0.29) is 10.7 Å². The molecular formula is C16H15FN2O2S3. The molecule has 24 heavy (non-hydrogen) atoms. The normalized spacial score (nSPS) is 11.6. The van der Waals surface area contributed by atoms with Gasteiger partial charge in [-0.1, -0.05) is 12.1 Å². The molecular weight excluding hydrogens is 367 g/mol. The Morgan fingerprint density at radius 3 is 2.67 bits per heavy atom. The summed E-state index contributed by atoms with van der Waals surface area (Å²) in [5.74, 6) is -0.291. The fourth-order valence-corrected chi connectivity index (χ4v) is 5.97. The lowest BCUT2D eigenvalue weighted by Crippen LogP contribution is -2.12. The first kappa shape index (κ1) is 17.1. The van der Waals surface area contributed by atoms with Crippen LogP contribution in [-0.4, -0.2) is 13.4 Å². The van der Waals surface area contributed by atoms with Crippen LogP contribution in [0.5, 0.6) is 0 Å². The second-order valence-corrected chi connectivity index (χ2v) is 9.55. The Hall–Kier alpha value is -1.77. The molecule has 0 saturated carbocycles. The van der Waals surface area contributed by atoms with Crippen LogP contribution in [0.1, 0.15) is 20.2 Å². The molecule has 2 aromatic heterocycles. The number of thiazole rings is 1. The summed E-state index contributed by atoms with van der Waals surface area (Å²) < 4.78 is 40.7. The summed E-state index contributed by atoms with van der Waals surface area (Å²) in [6.07, 6.45) is 2.12. The van der Waals surface area contributed by atoms with Crippen LogP contribution in [0.25, 0.3) is 0 Å². The third-order valence-electron chi connectivity index (χ3n) is 3.33. The zero-order valence-corrected chi connectivity index (χ0v) is 15.5. The summed E-state index contributed by atoms with van der Waals surface area (Å²) >= 11 is 2.69. The molecule has 8 heteroatoms. The lowest BCUT2D eigenvalue weighted by atomic mass is 10.1. The van der Waals surface area contributed by atoms with Crippen LogP contribution in [0.3, 0.4) is 0 Å². The van der Waals surface area contributed by atoms with Crippen molar-refractivity contribution in [3.05, 3.63) is 62.5 Å². The fourth-order valence-electron chi connectivity index (χ4n) is 2.33. The SMILES string of the molecule is Cc1cc(S(=O)(=O)Nc2ncc(Cc3cccc(F)c3)s2)c(C)s1. The summed E-state index contributed by atoms with van der Waals surface area (Å²) in [7, 11) is -3.64. The van der Waals surface area contributed by atoms with Crippen molar-refractivity contribution in [3.8, 4) is 0 Å². The highest BCUT2D eigenvalue weighted by atomic mass is 32.2. The standard InChI is InChI=1S/C16H15FN2O2S3/c1-10-6-15(11(2)22-10)24(20,21)19-16-18-9-14(23-16)8-12-4-3-5-13(17)7-12/h3-7,9H,8H2,1-2H3,(H,18,19). The highest BCUT2D eigenvalue weighted by Crippen LogP contribution is 2.28. The fraction of sp³-hybridized carbons (Fsp3) is 0.188. The Labute approximate surface area is 148 Å². The van der Waals surface area contributed by atoms with Gasteiger partial charge in [0.25, 0.3) is 10.0 Å². The summed E-state index contributed by atoms with van der Waals surface area (Å²) in [5, 5.41) is 0.310. The second-order valence-electron chi connectivity index (χ2n) is 5.32. The molecule has 0 unspecified atom stereocenters. The smallest absolute Gasteiger partial charge is 0.255 e. The maximum Gasteiger partial charge on any atom is 0.264 e. The van der Waals surface area contributed by atoms with Crippen LogP contribution in [0, 0.1) is 19.7 Å². The van der Waals surface area contributed by atoms with Crippen LogP contribution in [-0.2, 0) is 16.4 Å². The minimum atomic E-state index is -3.64. The van der Waals surface area contributed by atoms with Gasteiger partial charge in [0.1, 0.15) is 10.7 Å². The van der Waals surface area contributed by atoms with E-state index in [1.54, 1.807) is 25.3 Å². The molecule has 0 saturated heterocycles. The molecule has 1 aromatic carbocycles. The molecule has 0 atom stereocenters. The van der Waals surface area contributed by atoms with Gasteiger partial charge in [0.2, 0.25) is 0 Å². The topological polar surface area (TPSA) is 59.1 Å². The van der Waals surface area contributed by atoms with Gasteiger partial charge in [0, 0.05) is 27.2 Å². The van der Waals surface area contributed by atoms with Gasteiger partial charge in [-0.05, 0) is 37.6 Å². The number of rotatable bonds is 5. The summed E-state index contributed by atoms with van der Waals surface area (Å²) in [6.45, 7) is 3.65. The van der Waals surface area contributed by atoms with Gasteiger partial charge in [-0.25, -0.2) is 17.8 Å². The maximum absolute atomic E-state index is 13.2. The predicted octanol–water partition coefficient (Wildman–Crippen LogP) is 4.35. The molecule has 0 spiro atoms. The minimum absolute atomic E-state index is 0.284. The number of nitrogens with one attached hydrogen (secondary N) is 1. The molecule has 126 valence electrons. The van der Waals surface area contributed by atoms with E-state index >= 15 is 0 Å². The van der Waals surface area contributed by atoms with Crippen LogP contribution >= 0.6 is 22.7 Å². The van der Waals surface area contributed by atoms with E-state index in [4.69, 9.17) is 0 Å². The van der Waals surface area contributed by atoms with Crippen LogP contribution in [0.15, 0.2) is 41.4 Å². The number of hydrogen-bond donors (Lipinski definition) is 1. The summed E-state index contributed by atoms with van der Waals surface area (Å²) in [6, 6.07) is 7.98. The van der Waals surface area contributed by atoms with Gasteiger partial charge >= 0.3 is 0 Å². The van der Waals surface area contributed by atoms with E-state index in [2.05, 4.69) is 9.71 Å². The van der Waals surface area contributed by atoms with Gasteiger partial charge < -0.3 is 0 Å². The lowest BCUT2D eigenvalue weighted by molar-refractivity contribution is 0.601. The van der Waals surface area contributed by atoms with E-state index in [1.807, 2.05) is 13.0 Å². The number of aromatic nitrogens is 1. The Bertz CT molecular complexity index is 977. The Morgan fingerprint density at radius 1 is 1.21 bits per heavy atom. The Balaban J connectivity index is 1.77. The van der Waals surface area contributed by atoms with Crippen molar-refractivity contribution in [1.82, 2.24) is 4.98 Å². The first-order valence-electron chi connectivity index (χ1n) is 7.12. The van der Waals surface area contributed by atoms with Crippen molar-refractivity contribution < 1.29 is 12.8 Å². The average molecular weight is 383 g/mol. The van der Waals surface area contributed by atoms with Gasteiger partial charge in [-0.2, -0.15) is 0 Å². The molecule has 2 heterocycles. The molecule has 0 fully saturated rings. The predicted molar refractivity (Wildman–Crippen MR) is 95.9 cm³/mol. The molecule has 0 aliphatic heterocycles. The monoisotopic (exact) mass is 382 g/mol. The number of halogens is 1. The van der Waals surface area contributed by atoms with Gasteiger partial charge in [-0.3, -0.25) is 4.72 Å². The maximum atomic E-state index is 13.2. The Kier molecular flexibility index (Phi) is 4.71. The van der Waals surface area contributed by atoms with E-state index < -0.39 is 10.0 Å². The molecule has 1 N–H and O–H groups in total. The van der Waals surface area contributed by atoms with E-state index in [0.717, 1.165) is 20.2 Å². The first-order chi connectivity index (χ1) is 11.3. The average Bonchev–Trinajstić information content (AvgIpc) is 3.05. The minimum Gasteiger partial charge on any atom is -0.255 e. The summed E-state index contributed by atoms with van der Waals surface area (Å²) in [4.78, 5) is 6.95. The number of nitrogens with zero attached hydrogens (tertiary/aromatic N) is 1. The van der Waals surface area contributed by atoms with Crippen LogP contribution in [0.4, 0.5) is 9.52 Å². The highest BCUT2D eigenvalue weighted by Gasteiger charge is 2.20. The van der Waals surface area contributed by atoms with Crippen molar-refractivity contribution in [2.45, 2.75) is 25.2 Å². The molecule has 3 aromatic rings. The number of anilines is 1. The quantitative estimate of drug-likeness (QED) is 0.714. The molecule has 0 aliphatic rings. The first-order valence-corrected chi connectivity index (χ1v) is 10.2. The van der Waals surface area contributed by atoms with E-state index in [0.29, 0.717) is 11.6 Å². The molecule has 3 rings (SSSR count). The summed E-state index contributed by atoms with van der Waals surface area (Å²) in [5.41, 5.74) is 0.817. The van der Waals surface area contributed by atoms with E-state index in [9.17, 15) is 12.8 Å². The molecule has 4 nitrogen and oxygen atoms in total. The van der Waals surface area contributed by atoms with Gasteiger partial charge in [0.15, 0.2) is 5.13 Å². The molecule has 0 aliphatic carbocycles. The number of sulfonamides is 1. The highest BCUT2D eigenvalue weighted by molar-refractivity contribution is 7.93. The largest absolute Gasteiger partial charge is 0.264 e. The van der Waals surface area contributed by atoms with Crippen molar-refractivity contribution in [3.63, 3.8) is 0 Å². The van der Waals surface area contributed by atoms with Crippen molar-refractivity contribution in [2.24, 2.45) is 0 Å². The van der Waals surface area contributed by atoms with Gasteiger partial charge in [-0.15, -0.1) is 22.7 Å².